The summed E-state index contributed by atoms with van der Waals surface area (Å²) in [4.78, 5) is 0. The van der Waals surface area contributed by atoms with Gasteiger partial charge >= 0.3 is 0 Å². The predicted molar refractivity (Wildman–Crippen MR) is 160 cm³/mol. The van der Waals surface area contributed by atoms with Gasteiger partial charge in [-0.15, -0.1) is 0 Å². The van der Waals surface area contributed by atoms with Crippen LogP contribution in [-0.4, -0.2) is 24.9 Å². The number of hydrogen-bond donors (Lipinski definition) is 2. The summed E-state index contributed by atoms with van der Waals surface area (Å²) in [6.07, 6.45) is 26.9. The Bertz CT molecular complexity index is 622. The number of benzene rings is 1. The van der Waals surface area contributed by atoms with Crippen molar-refractivity contribution in [3.63, 3.8) is 0 Å². The van der Waals surface area contributed by atoms with Gasteiger partial charge in [0.25, 0.3) is 0 Å². The number of hydrogen-bond acceptors (Lipinski definition) is 4. The number of nitrogens with two attached hydrogens (primary N) is 1. The summed E-state index contributed by atoms with van der Waals surface area (Å²) in [6.45, 7) is 6.08. The molecule has 1 aromatic carbocycles. The van der Waals surface area contributed by atoms with Crippen molar-refractivity contribution in [2.45, 2.75) is 155 Å². The largest absolute Gasteiger partial charge is 0.490 e. The van der Waals surface area contributed by atoms with Crippen molar-refractivity contribution < 1.29 is 14.6 Å². The lowest BCUT2D eigenvalue weighted by molar-refractivity contribution is 0.257. The van der Waals surface area contributed by atoms with Gasteiger partial charge in [0, 0.05) is 12.6 Å². The summed E-state index contributed by atoms with van der Waals surface area (Å²) in [7, 11) is 0. The van der Waals surface area contributed by atoms with Crippen LogP contribution < -0.4 is 15.2 Å². The number of aliphatic hydroxyl groups is 1. The lowest BCUT2D eigenvalue weighted by Crippen LogP contribution is -2.12. The third kappa shape index (κ3) is 18.6. The Hall–Kier alpha value is -1.26. The molecule has 216 valence electrons. The molecule has 0 aromatic heterocycles. The van der Waals surface area contributed by atoms with Gasteiger partial charge in [-0.25, -0.2) is 0 Å². The molecule has 0 aliphatic carbocycles. The van der Waals surface area contributed by atoms with Crippen LogP contribution in [0.4, 0.5) is 0 Å². The van der Waals surface area contributed by atoms with Gasteiger partial charge in [0.15, 0.2) is 11.5 Å². The molecule has 0 spiro atoms. The topological polar surface area (TPSA) is 64.7 Å². The van der Waals surface area contributed by atoms with E-state index in [9.17, 15) is 5.11 Å². The molecular weight excluding hydrogens is 458 g/mol. The van der Waals surface area contributed by atoms with E-state index in [4.69, 9.17) is 15.2 Å². The molecule has 1 aromatic rings. The highest BCUT2D eigenvalue weighted by Crippen LogP contribution is 2.31. The van der Waals surface area contributed by atoms with Crippen LogP contribution in [0.2, 0.25) is 0 Å². The molecule has 0 heterocycles. The fourth-order valence-electron chi connectivity index (χ4n) is 4.84. The molecule has 0 radical (unpaired) electrons. The van der Waals surface area contributed by atoms with Gasteiger partial charge in [-0.1, -0.05) is 135 Å². The van der Waals surface area contributed by atoms with E-state index in [0.717, 1.165) is 36.5 Å². The molecule has 0 aliphatic rings. The summed E-state index contributed by atoms with van der Waals surface area (Å²) >= 11 is 0. The zero-order valence-corrected chi connectivity index (χ0v) is 24.6. The monoisotopic (exact) mass is 519 g/mol. The van der Waals surface area contributed by atoms with Crippen molar-refractivity contribution in [1.29, 1.82) is 0 Å². The molecule has 0 saturated heterocycles. The Balaban J connectivity index is 2.31. The van der Waals surface area contributed by atoms with Gasteiger partial charge < -0.3 is 20.3 Å². The lowest BCUT2D eigenvalue weighted by atomic mass is 10.0. The van der Waals surface area contributed by atoms with Gasteiger partial charge in [-0.3, -0.25) is 0 Å². The Morgan fingerprint density at radius 1 is 0.595 bits per heavy atom. The van der Waals surface area contributed by atoms with Crippen molar-refractivity contribution >= 4 is 0 Å². The molecule has 0 saturated carbocycles. The highest BCUT2D eigenvalue weighted by molar-refractivity contribution is 5.44. The van der Waals surface area contributed by atoms with E-state index in [1.807, 2.05) is 18.2 Å². The Kier molecular flexibility index (Phi) is 22.9. The first-order valence-electron chi connectivity index (χ1n) is 16.0. The van der Waals surface area contributed by atoms with Crippen LogP contribution in [0.25, 0.3) is 0 Å². The summed E-state index contributed by atoms with van der Waals surface area (Å²) in [5.74, 6) is 1.62. The average molecular weight is 520 g/mol. The van der Waals surface area contributed by atoms with Crippen LogP contribution in [0.1, 0.15) is 160 Å². The number of ether oxygens (including phenoxy) is 2. The SMILES string of the molecule is CCCCCCCCCCCCOc1ccc(C(N)CCO)cc1OCCCCCCCCCCCC. The predicted octanol–water partition coefficient (Wildman–Crippen LogP) is 9.67. The van der Waals surface area contributed by atoms with Crippen LogP contribution >= 0.6 is 0 Å². The molecule has 37 heavy (non-hydrogen) atoms. The van der Waals surface area contributed by atoms with Crippen LogP contribution in [0.15, 0.2) is 18.2 Å². The molecular formula is C33H61NO3. The first kappa shape index (κ1) is 33.8. The van der Waals surface area contributed by atoms with E-state index in [-0.39, 0.29) is 12.6 Å². The number of rotatable bonds is 27. The van der Waals surface area contributed by atoms with Gasteiger partial charge in [0.1, 0.15) is 0 Å². The molecule has 4 nitrogen and oxygen atoms in total. The van der Waals surface area contributed by atoms with Gasteiger partial charge in [0.05, 0.1) is 13.2 Å². The van der Waals surface area contributed by atoms with Crippen LogP contribution in [0, 0.1) is 0 Å². The maximum absolute atomic E-state index is 9.27. The molecule has 1 atom stereocenters. The summed E-state index contributed by atoms with van der Waals surface area (Å²) < 4.78 is 12.3. The summed E-state index contributed by atoms with van der Waals surface area (Å²) in [5, 5.41) is 9.27. The Labute approximate surface area is 230 Å². The van der Waals surface area contributed by atoms with Crippen molar-refractivity contribution in [1.82, 2.24) is 0 Å². The van der Waals surface area contributed by atoms with E-state index in [2.05, 4.69) is 13.8 Å². The second kappa shape index (κ2) is 25.0. The Morgan fingerprint density at radius 3 is 1.43 bits per heavy atom. The molecule has 0 fully saturated rings. The van der Waals surface area contributed by atoms with E-state index < -0.39 is 0 Å². The molecule has 0 amide bonds. The second-order valence-electron chi connectivity index (χ2n) is 10.9. The van der Waals surface area contributed by atoms with Crippen LogP contribution in [0.5, 0.6) is 11.5 Å². The molecule has 4 heteroatoms. The van der Waals surface area contributed by atoms with Gasteiger partial charge in [-0.2, -0.15) is 0 Å². The average Bonchev–Trinajstić information content (AvgIpc) is 2.91. The molecule has 1 unspecified atom stereocenters. The molecule has 3 N–H and O–H groups in total. The first-order valence-corrected chi connectivity index (χ1v) is 16.0. The number of aliphatic hydroxyl groups excluding tert-OH is 1. The van der Waals surface area contributed by atoms with E-state index in [0.29, 0.717) is 13.0 Å². The number of unbranched alkanes of at least 4 members (excludes halogenated alkanes) is 18. The minimum atomic E-state index is -0.180. The summed E-state index contributed by atoms with van der Waals surface area (Å²) in [5.41, 5.74) is 7.24. The molecule has 0 aliphatic heterocycles. The third-order valence-electron chi connectivity index (χ3n) is 7.35. The zero-order chi connectivity index (χ0) is 26.8. The maximum Gasteiger partial charge on any atom is 0.161 e. The second-order valence-corrected chi connectivity index (χ2v) is 10.9. The Morgan fingerprint density at radius 2 is 1.00 bits per heavy atom. The normalized spacial score (nSPS) is 12.1. The van der Waals surface area contributed by atoms with E-state index >= 15 is 0 Å². The van der Waals surface area contributed by atoms with E-state index in [1.54, 1.807) is 0 Å². The van der Waals surface area contributed by atoms with Crippen LogP contribution in [0.3, 0.4) is 0 Å². The minimum absolute atomic E-state index is 0.0902. The van der Waals surface area contributed by atoms with Crippen molar-refractivity contribution in [2.24, 2.45) is 5.73 Å². The standard InChI is InChI=1S/C33H61NO3/c1-3-5-7-9-11-13-15-17-19-21-27-36-32-24-23-30(31(34)25-26-35)29-33(32)37-28-22-20-18-16-14-12-10-8-6-4-2/h23-24,29,31,35H,3-22,25-28,34H2,1-2H3. The fraction of sp³-hybridized carbons (Fsp3) is 0.818. The highest BCUT2D eigenvalue weighted by atomic mass is 16.5. The maximum atomic E-state index is 9.27. The first-order chi connectivity index (χ1) is 18.2. The minimum Gasteiger partial charge on any atom is -0.490 e. The lowest BCUT2D eigenvalue weighted by Gasteiger charge is -2.17. The summed E-state index contributed by atoms with van der Waals surface area (Å²) in [6, 6.07) is 5.85. The zero-order valence-electron chi connectivity index (χ0n) is 24.6. The molecule has 1 rings (SSSR count). The van der Waals surface area contributed by atoms with Gasteiger partial charge in [-0.05, 0) is 37.0 Å². The van der Waals surface area contributed by atoms with Crippen molar-refractivity contribution in [3.05, 3.63) is 23.8 Å². The highest BCUT2D eigenvalue weighted by Gasteiger charge is 2.12. The van der Waals surface area contributed by atoms with Crippen molar-refractivity contribution in [2.75, 3.05) is 19.8 Å². The quantitative estimate of drug-likeness (QED) is 0.114. The van der Waals surface area contributed by atoms with E-state index in [1.165, 1.54) is 116 Å². The smallest absolute Gasteiger partial charge is 0.161 e. The fourth-order valence-corrected chi connectivity index (χ4v) is 4.84. The van der Waals surface area contributed by atoms with Gasteiger partial charge in [0.2, 0.25) is 0 Å². The third-order valence-corrected chi connectivity index (χ3v) is 7.35. The van der Waals surface area contributed by atoms with Crippen molar-refractivity contribution in [3.8, 4) is 11.5 Å². The molecule has 0 bridgehead atoms. The van der Waals surface area contributed by atoms with Crippen LogP contribution in [-0.2, 0) is 0 Å².